The third-order valence-electron chi connectivity index (χ3n) is 3.36. The molecule has 1 heterocycles. The van der Waals surface area contributed by atoms with Crippen molar-refractivity contribution in [1.82, 2.24) is 5.01 Å². The Morgan fingerprint density at radius 1 is 0.889 bits per heavy atom. The van der Waals surface area contributed by atoms with E-state index in [1.54, 1.807) is 5.01 Å². The number of hydrogen-bond acceptors (Lipinski definition) is 1. The van der Waals surface area contributed by atoms with Gasteiger partial charge in [-0.3, -0.25) is 0 Å². The van der Waals surface area contributed by atoms with Gasteiger partial charge >= 0.3 is 0 Å². The van der Waals surface area contributed by atoms with E-state index in [1.165, 1.54) is 5.56 Å². The Labute approximate surface area is 107 Å². The van der Waals surface area contributed by atoms with E-state index in [4.69, 9.17) is 5.84 Å². The SMILES string of the molecule is [NH-]N1C(c2ccccc2)=CCC1c1ccccc1. The van der Waals surface area contributed by atoms with Crippen LogP contribution in [-0.4, -0.2) is 5.01 Å². The Balaban J connectivity index is 1.87. The van der Waals surface area contributed by atoms with Crippen molar-refractivity contribution < 1.29 is 0 Å². The van der Waals surface area contributed by atoms with Gasteiger partial charge in [-0.1, -0.05) is 66.7 Å². The topological polar surface area (TPSA) is 27.0 Å². The van der Waals surface area contributed by atoms with Gasteiger partial charge in [0.1, 0.15) is 0 Å². The molecule has 3 rings (SSSR count). The summed E-state index contributed by atoms with van der Waals surface area (Å²) in [6.45, 7) is 0. The molecule has 1 aliphatic heterocycles. The standard InChI is InChI=1S/C16H15N2/c17-18-15(13-7-3-1-4-8-13)11-12-16(18)14-9-5-2-6-10-14/h1-11,16-17H,12H2/q-1. The zero-order valence-electron chi connectivity index (χ0n) is 10.1. The largest absolute Gasteiger partial charge is 0.583 e. The van der Waals surface area contributed by atoms with E-state index in [-0.39, 0.29) is 6.04 Å². The van der Waals surface area contributed by atoms with E-state index < -0.39 is 0 Å². The molecule has 2 heteroatoms. The second-order valence-electron chi connectivity index (χ2n) is 4.49. The van der Waals surface area contributed by atoms with Gasteiger partial charge in [-0.25, -0.2) is 0 Å². The van der Waals surface area contributed by atoms with Crippen molar-refractivity contribution in [2.24, 2.45) is 0 Å². The molecule has 0 aliphatic carbocycles. The number of nitrogens with one attached hydrogen (secondary N) is 1. The second kappa shape index (κ2) is 4.67. The van der Waals surface area contributed by atoms with Crippen LogP contribution in [-0.2, 0) is 0 Å². The minimum atomic E-state index is 0.140. The maximum absolute atomic E-state index is 8.29. The number of hydrogen-bond donors (Lipinski definition) is 0. The van der Waals surface area contributed by atoms with Crippen molar-refractivity contribution in [1.29, 1.82) is 0 Å². The molecule has 2 nitrogen and oxygen atoms in total. The molecule has 2 aromatic rings. The van der Waals surface area contributed by atoms with Crippen LogP contribution < -0.4 is 0 Å². The fourth-order valence-corrected chi connectivity index (χ4v) is 2.42. The van der Waals surface area contributed by atoms with Crippen LogP contribution in [0.2, 0.25) is 0 Å². The van der Waals surface area contributed by atoms with Crippen molar-refractivity contribution >= 4 is 5.70 Å². The van der Waals surface area contributed by atoms with Crippen LogP contribution in [0.4, 0.5) is 0 Å². The van der Waals surface area contributed by atoms with Gasteiger partial charge in [-0.05, 0) is 17.5 Å². The first-order valence-electron chi connectivity index (χ1n) is 6.17. The second-order valence-corrected chi connectivity index (χ2v) is 4.49. The van der Waals surface area contributed by atoms with Crippen LogP contribution in [0.25, 0.3) is 11.5 Å². The highest BCUT2D eigenvalue weighted by Crippen LogP contribution is 2.38. The minimum absolute atomic E-state index is 0.140. The molecule has 1 aliphatic rings. The summed E-state index contributed by atoms with van der Waals surface area (Å²) in [6.07, 6.45) is 3.05. The van der Waals surface area contributed by atoms with Crippen molar-refractivity contribution in [2.45, 2.75) is 12.5 Å². The lowest BCUT2D eigenvalue weighted by Crippen LogP contribution is -2.14. The molecule has 0 radical (unpaired) electrons. The molecule has 0 bridgehead atoms. The third-order valence-corrected chi connectivity index (χ3v) is 3.36. The fraction of sp³-hybridized carbons (Fsp3) is 0.125. The number of benzene rings is 2. The lowest BCUT2D eigenvalue weighted by molar-refractivity contribution is 0.425. The highest BCUT2D eigenvalue weighted by molar-refractivity contribution is 5.67. The normalized spacial score (nSPS) is 18.8. The predicted octanol–water partition coefficient (Wildman–Crippen LogP) is 4.44. The van der Waals surface area contributed by atoms with Crippen molar-refractivity contribution in [2.75, 3.05) is 0 Å². The molecular formula is C16H15N2-. The van der Waals surface area contributed by atoms with E-state index in [2.05, 4.69) is 30.3 Å². The molecule has 1 unspecified atom stereocenters. The van der Waals surface area contributed by atoms with Gasteiger partial charge in [0.05, 0.1) is 0 Å². The van der Waals surface area contributed by atoms with Gasteiger partial charge in [-0.2, -0.15) is 0 Å². The minimum Gasteiger partial charge on any atom is -0.583 e. The van der Waals surface area contributed by atoms with E-state index in [0.29, 0.717) is 0 Å². The molecule has 90 valence electrons. The molecule has 2 aromatic carbocycles. The molecule has 0 saturated heterocycles. The Bertz CT molecular complexity index is 546. The van der Waals surface area contributed by atoms with E-state index in [0.717, 1.165) is 17.7 Å². The van der Waals surface area contributed by atoms with E-state index >= 15 is 0 Å². The fourth-order valence-electron chi connectivity index (χ4n) is 2.42. The Hall–Kier alpha value is -2.06. The molecule has 18 heavy (non-hydrogen) atoms. The summed E-state index contributed by atoms with van der Waals surface area (Å²) < 4.78 is 0. The predicted molar refractivity (Wildman–Crippen MR) is 74.4 cm³/mol. The lowest BCUT2D eigenvalue weighted by atomic mass is 10.1. The highest BCUT2D eigenvalue weighted by atomic mass is 15.4. The zero-order valence-corrected chi connectivity index (χ0v) is 10.1. The summed E-state index contributed by atoms with van der Waals surface area (Å²) >= 11 is 0. The van der Waals surface area contributed by atoms with Crippen LogP contribution >= 0.6 is 0 Å². The van der Waals surface area contributed by atoms with Gasteiger partial charge in [0.15, 0.2) is 0 Å². The number of nitrogens with zero attached hydrogens (tertiary/aromatic N) is 1. The average molecular weight is 235 g/mol. The molecule has 0 aromatic heterocycles. The Morgan fingerprint density at radius 3 is 2.17 bits per heavy atom. The molecule has 1 N–H and O–H groups in total. The van der Waals surface area contributed by atoms with Gasteiger partial charge < -0.3 is 10.9 Å². The summed E-state index contributed by atoms with van der Waals surface area (Å²) in [4.78, 5) is 0. The molecule has 0 spiro atoms. The lowest BCUT2D eigenvalue weighted by Gasteiger charge is -2.35. The van der Waals surface area contributed by atoms with Crippen LogP contribution in [0.15, 0.2) is 66.7 Å². The smallest absolute Gasteiger partial charge is 0.0408 e. The number of rotatable bonds is 2. The van der Waals surface area contributed by atoms with Crippen molar-refractivity contribution in [3.05, 3.63) is 83.7 Å². The molecule has 1 atom stereocenters. The first-order valence-corrected chi connectivity index (χ1v) is 6.17. The summed E-state index contributed by atoms with van der Waals surface area (Å²) in [5, 5.41) is 1.63. The average Bonchev–Trinajstić information content (AvgIpc) is 2.83. The molecule has 0 saturated carbocycles. The quantitative estimate of drug-likeness (QED) is 0.755. The van der Waals surface area contributed by atoms with Gasteiger partial charge in [0.25, 0.3) is 0 Å². The van der Waals surface area contributed by atoms with Crippen molar-refractivity contribution in [3.8, 4) is 0 Å². The van der Waals surface area contributed by atoms with Crippen LogP contribution in [0.3, 0.4) is 0 Å². The first-order chi connectivity index (χ1) is 8.86. The van der Waals surface area contributed by atoms with Gasteiger partial charge in [-0.15, -0.1) is 0 Å². The van der Waals surface area contributed by atoms with Crippen molar-refractivity contribution in [3.63, 3.8) is 0 Å². The van der Waals surface area contributed by atoms with Gasteiger partial charge in [0.2, 0.25) is 0 Å². The van der Waals surface area contributed by atoms with E-state index in [1.807, 2.05) is 36.4 Å². The monoisotopic (exact) mass is 235 g/mol. The molecule has 0 amide bonds. The Morgan fingerprint density at radius 2 is 1.50 bits per heavy atom. The third kappa shape index (κ3) is 1.91. The molecular weight excluding hydrogens is 220 g/mol. The maximum Gasteiger partial charge on any atom is 0.0408 e. The van der Waals surface area contributed by atoms with Crippen LogP contribution in [0.1, 0.15) is 23.6 Å². The summed E-state index contributed by atoms with van der Waals surface area (Å²) in [6, 6.07) is 20.5. The van der Waals surface area contributed by atoms with E-state index in [9.17, 15) is 0 Å². The summed E-state index contributed by atoms with van der Waals surface area (Å²) in [5.41, 5.74) is 3.32. The Kier molecular flexibility index (Phi) is 2.87. The van der Waals surface area contributed by atoms with Gasteiger partial charge in [0, 0.05) is 11.7 Å². The zero-order chi connectivity index (χ0) is 12.4. The first kappa shape index (κ1) is 11.1. The highest BCUT2D eigenvalue weighted by Gasteiger charge is 2.20. The summed E-state index contributed by atoms with van der Waals surface area (Å²) in [7, 11) is 0. The summed E-state index contributed by atoms with van der Waals surface area (Å²) in [5.74, 6) is 8.29. The van der Waals surface area contributed by atoms with Crippen LogP contribution in [0.5, 0.6) is 0 Å². The van der Waals surface area contributed by atoms with Crippen LogP contribution in [0, 0.1) is 0 Å². The maximum atomic E-state index is 8.29. The molecule has 0 fully saturated rings.